The van der Waals surface area contributed by atoms with Crippen LogP contribution in [0.5, 0.6) is 5.75 Å². The highest BCUT2D eigenvalue weighted by molar-refractivity contribution is 6.02. The highest BCUT2D eigenvalue weighted by Crippen LogP contribution is 2.18. The Hall–Kier alpha value is -3.55. The van der Waals surface area contributed by atoms with E-state index < -0.39 is 34.5 Å². The molecule has 3 rings (SSSR count). The van der Waals surface area contributed by atoms with Crippen LogP contribution in [0.2, 0.25) is 0 Å². The summed E-state index contributed by atoms with van der Waals surface area (Å²) >= 11 is 0. The highest BCUT2D eigenvalue weighted by Gasteiger charge is 2.16. The van der Waals surface area contributed by atoms with Crippen LogP contribution in [0.15, 0.2) is 64.0 Å². The third kappa shape index (κ3) is 4.35. The van der Waals surface area contributed by atoms with Crippen molar-refractivity contribution in [1.82, 2.24) is 0 Å². The van der Waals surface area contributed by atoms with E-state index in [0.29, 0.717) is 12.1 Å². The van der Waals surface area contributed by atoms with Crippen LogP contribution in [0.4, 0.5) is 18.9 Å². The van der Waals surface area contributed by atoms with Crippen molar-refractivity contribution in [3.05, 3.63) is 93.8 Å². The van der Waals surface area contributed by atoms with Crippen LogP contribution in [0, 0.1) is 17.5 Å². The maximum Gasteiger partial charge on any atom is 0.291 e. The maximum absolute atomic E-state index is 13.2. The van der Waals surface area contributed by atoms with Crippen LogP contribution in [0.25, 0.3) is 0 Å². The van der Waals surface area contributed by atoms with Gasteiger partial charge in [-0.1, -0.05) is 30.3 Å². The molecule has 5 nitrogen and oxygen atoms in total. The van der Waals surface area contributed by atoms with E-state index in [0.717, 1.165) is 17.9 Å². The molecule has 0 spiro atoms. The average molecular weight is 375 g/mol. The zero-order valence-electron chi connectivity index (χ0n) is 13.7. The summed E-state index contributed by atoms with van der Waals surface area (Å²) in [5, 5.41) is 2.11. The molecule has 0 unspecified atom stereocenters. The molecule has 1 amide bonds. The molecule has 0 bridgehead atoms. The van der Waals surface area contributed by atoms with Gasteiger partial charge in [-0.25, -0.2) is 13.2 Å². The summed E-state index contributed by atoms with van der Waals surface area (Å²) in [5.74, 6) is -6.02. The largest absolute Gasteiger partial charge is 0.482 e. The Morgan fingerprint density at radius 2 is 1.70 bits per heavy atom. The van der Waals surface area contributed by atoms with Gasteiger partial charge in [0.15, 0.2) is 23.2 Å². The van der Waals surface area contributed by atoms with Crippen LogP contribution >= 0.6 is 0 Å². The first kappa shape index (κ1) is 18.2. The Labute approximate surface area is 151 Å². The molecule has 0 fully saturated rings. The molecule has 0 aliphatic heterocycles. The lowest BCUT2D eigenvalue weighted by molar-refractivity contribution is 0.0993. The van der Waals surface area contributed by atoms with Gasteiger partial charge < -0.3 is 14.5 Å². The number of hydrogen-bond donors (Lipinski definition) is 1. The topological polar surface area (TPSA) is 68.5 Å². The Kier molecular flexibility index (Phi) is 5.25. The highest BCUT2D eigenvalue weighted by atomic mass is 19.2. The number of halogens is 3. The fourth-order valence-corrected chi connectivity index (χ4v) is 2.18. The van der Waals surface area contributed by atoms with Gasteiger partial charge in [-0.05, 0) is 5.56 Å². The second kappa shape index (κ2) is 7.77. The molecule has 0 aliphatic carbocycles. The van der Waals surface area contributed by atoms with E-state index in [2.05, 4.69) is 5.32 Å². The summed E-state index contributed by atoms with van der Waals surface area (Å²) < 4.78 is 49.7. The van der Waals surface area contributed by atoms with E-state index in [1.807, 2.05) is 30.3 Å². The number of carbonyl (C=O) groups excluding carboxylic acids is 1. The molecular formula is C19H12F3NO4. The fourth-order valence-electron chi connectivity index (χ4n) is 2.18. The minimum Gasteiger partial charge on any atom is -0.482 e. The quantitative estimate of drug-likeness (QED) is 0.687. The van der Waals surface area contributed by atoms with Crippen molar-refractivity contribution in [3.63, 3.8) is 0 Å². The lowest BCUT2D eigenvalue weighted by atomic mass is 10.2. The van der Waals surface area contributed by atoms with Gasteiger partial charge in [0.25, 0.3) is 5.91 Å². The Morgan fingerprint density at radius 3 is 2.33 bits per heavy atom. The van der Waals surface area contributed by atoms with Crippen LogP contribution < -0.4 is 15.5 Å². The Bertz CT molecular complexity index is 1010. The molecule has 2 aromatic carbocycles. The van der Waals surface area contributed by atoms with Crippen molar-refractivity contribution < 1.29 is 27.1 Å². The summed E-state index contributed by atoms with van der Waals surface area (Å²) in [4.78, 5) is 24.1. The molecule has 0 aliphatic rings. The van der Waals surface area contributed by atoms with E-state index in [9.17, 15) is 22.8 Å². The molecular weight excluding hydrogens is 363 g/mol. The van der Waals surface area contributed by atoms with E-state index in [4.69, 9.17) is 9.15 Å². The normalized spacial score (nSPS) is 10.5. The van der Waals surface area contributed by atoms with Gasteiger partial charge in [0.2, 0.25) is 11.2 Å². The van der Waals surface area contributed by atoms with E-state index in [1.165, 1.54) is 0 Å². The SMILES string of the molecule is O=C(Nc1cc(F)c(F)c(F)c1)c1cc(=O)c(OCc2ccccc2)co1. The molecule has 0 atom stereocenters. The Balaban J connectivity index is 1.71. The molecule has 3 aromatic rings. The number of ether oxygens (including phenoxy) is 1. The van der Waals surface area contributed by atoms with Crippen molar-refractivity contribution in [2.24, 2.45) is 0 Å². The predicted octanol–water partition coefficient (Wildman–Crippen LogP) is 3.89. The summed E-state index contributed by atoms with van der Waals surface area (Å²) in [6.07, 6.45) is 0.964. The third-order valence-corrected chi connectivity index (χ3v) is 3.50. The molecule has 1 N–H and O–H groups in total. The van der Waals surface area contributed by atoms with Gasteiger partial charge >= 0.3 is 0 Å². The minimum atomic E-state index is -1.65. The van der Waals surface area contributed by atoms with Crippen LogP contribution in [-0.4, -0.2) is 5.91 Å². The van der Waals surface area contributed by atoms with Crippen molar-refractivity contribution in [3.8, 4) is 5.75 Å². The van der Waals surface area contributed by atoms with Crippen LogP contribution in [0.1, 0.15) is 16.1 Å². The van der Waals surface area contributed by atoms with Gasteiger partial charge in [0.1, 0.15) is 12.9 Å². The minimum absolute atomic E-state index is 0.103. The third-order valence-electron chi connectivity index (χ3n) is 3.50. The van der Waals surface area contributed by atoms with Crippen molar-refractivity contribution in [2.45, 2.75) is 6.61 Å². The lowest BCUT2D eigenvalue weighted by Crippen LogP contribution is -2.16. The number of carbonyl (C=O) groups is 1. The number of anilines is 1. The number of benzene rings is 2. The second-order valence-electron chi connectivity index (χ2n) is 5.46. The van der Waals surface area contributed by atoms with Gasteiger partial charge in [-0.15, -0.1) is 0 Å². The first-order valence-electron chi connectivity index (χ1n) is 7.69. The van der Waals surface area contributed by atoms with Gasteiger partial charge in [0.05, 0.1) is 0 Å². The number of nitrogens with one attached hydrogen (secondary N) is 1. The Morgan fingerprint density at radius 1 is 1.04 bits per heavy atom. The predicted molar refractivity (Wildman–Crippen MR) is 90.0 cm³/mol. The summed E-state index contributed by atoms with van der Waals surface area (Å²) in [7, 11) is 0. The molecule has 27 heavy (non-hydrogen) atoms. The van der Waals surface area contributed by atoms with Gasteiger partial charge in [-0.2, -0.15) is 0 Å². The zero-order chi connectivity index (χ0) is 19.4. The van der Waals surface area contributed by atoms with Crippen molar-refractivity contribution in [1.29, 1.82) is 0 Å². The second-order valence-corrected chi connectivity index (χ2v) is 5.46. The van der Waals surface area contributed by atoms with Gasteiger partial charge in [0, 0.05) is 23.9 Å². The van der Waals surface area contributed by atoms with E-state index in [-0.39, 0.29) is 18.0 Å². The first-order chi connectivity index (χ1) is 12.9. The summed E-state index contributed by atoms with van der Waals surface area (Å²) in [5.41, 5.74) is -0.110. The molecule has 1 heterocycles. The molecule has 0 radical (unpaired) electrons. The average Bonchev–Trinajstić information content (AvgIpc) is 2.65. The standard InChI is InChI=1S/C19H12F3NO4/c20-13-6-12(7-14(21)18(13)22)23-19(25)16-8-15(24)17(10-27-16)26-9-11-4-2-1-3-5-11/h1-8,10H,9H2,(H,23,25). The van der Waals surface area contributed by atoms with E-state index >= 15 is 0 Å². The lowest BCUT2D eigenvalue weighted by Gasteiger charge is -2.07. The molecule has 1 aromatic heterocycles. The zero-order valence-corrected chi connectivity index (χ0v) is 13.7. The fraction of sp³-hybridized carbons (Fsp3) is 0.0526. The molecule has 8 heteroatoms. The smallest absolute Gasteiger partial charge is 0.291 e. The van der Waals surface area contributed by atoms with Crippen molar-refractivity contribution >= 4 is 11.6 Å². The maximum atomic E-state index is 13.2. The monoisotopic (exact) mass is 375 g/mol. The first-order valence-corrected chi connectivity index (χ1v) is 7.69. The molecule has 0 saturated carbocycles. The summed E-state index contributed by atoms with van der Waals surface area (Å²) in [6.45, 7) is 0.130. The number of hydrogen-bond acceptors (Lipinski definition) is 4. The van der Waals surface area contributed by atoms with Gasteiger partial charge in [-0.3, -0.25) is 9.59 Å². The van der Waals surface area contributed by atoms with E-state index in [1.54, 1.807) is 0 Å². The van der Waals surface area contributed by atoms with Crippen molar-refractivity contribution in [2.75, 3.05) is 5.32 Å². The van der Waals surface area contributed by atoms with Crippen LogP contribution in [-0.2, 0) is 6.61 Å². The number of amides is 1. The molecule has 138 valence electrons. The summed E-state index contributed by atoms with van der Waals surface area (Å²) in [6, 6.07) is 11.2. The molecule has 0 saturated heterocycles. The number of rotatable bonds is 5. The van der Waals surface area contributed by atoms with Crippen LogP contribution in [0.3, 0.4) is 0 Å².